The van der Waals surface area contributed by atoms with E-state index in [1.807, 2.05) is 0 Å². The molecule has 1 amide bonds. The Hall–Kier alpha value is -1.62. The maximum Gasteiger partial charge on any atom is 0.227 e. The van der Waals surface area contributed by atoms with E-state index in [0.29, 0.717) is 32.0 Å². The van der Waals surface area contributed by atoms with Gasteiger partial charge in [-0.3, -0.25) is 9.59 Å². The fourth-order valence-electron chi connectivity index (χ4n) is 5.65. The molecular formula is C23H34N2O3. The summed E-state index contributed by atoms with van der Waals surface area (Å²) in [4.78, 5) is 27.8. The molecule has 0 spiro atoms. The molecule has 0 radical (unpaired) electrons. The lowest BCUT2D eigenvalue weighted by molar-refractivity contribution is -0.129. The van der Waals surface area contributed by atoms with E-state index >= 15 is 0 Å². The molecule has 154 valence electrons. The van der Waals surface area contributed by atoms with E-state index < -0.39 is 6.10 Å². The number of carbonyl (C=O) groups is 2. The zero-order chi connectivity index (χ0) is 20.1. The van der Waals surface area contributed by atoms with Gasteiger partial charge in [-0.15, -0.1) is 0 Å². The molecule has 5 heteroatoms. The largest absolute Gasteiger partial charge is 0.391 e. The van der Waals surface area contributed by atoms with Crippen molar-refractivity contribution in [3.63, 3.8) is 0 Å². The summed E-state index contributed by atoms with van der Waals surface area (Å²) in [6, 6.07) is 0.460. The number of hydrogen-bond acceptors (Lipinski definition) is 3. The molecule has 1 N–H and O–H groups in total. The van der Waals surface area contributed by atoms with Gasteiger partial charge in [0.05, 0.1) is 12.5 Å². The lowest BCUT2D eigenvalue weighted by Gasteiger charge is -2.33. The minimum Gasteiger partial charge on any atom is -0.391 e. The van der Waals surface area contributed by atoms with E-state index in [9.17, 15) is 14.7 Å². The number of fused-ring (bicyclic) bond motifs is 1. The molecule has 3 aliphatic rings. The molecular weight excluding hydrogens is 352 g/mol. The van der Waals surface area contributed by atoms with E-state index in [2.05, 4.69) is 25.3 Å². The van der Waals surface area contributed by atoms with Crippen LogP contribution in [-0.4, -0.2) is 45.5 Å². The second-order valence-electron chi connectivity index (χ2n) is 9.95. The number of β-amino-alcohol motifs (C(OH)–C–C–N with tert-alkyl or cyclic N) is 1. The molecule has 4 rings (SSSR count). The van der Waals surface area contributed by atoms with Gasteiger partial charge in [0, 0.05) is 42.5 Å². The summed E-state index contributed by atoms with van der Waals surface area (Å²) in [5.74, 6) is 0.244. The summed E-state index contributed by atoms with van der Waals surface area (Å²) in [7, 11) is 0. The Morgan fingerprint density at radius 1 is 1.14 bits per heavy atom. The molecule has 1 aliphatic heterocycles. The van der Waals surface area contributed by atoms with Crippen LogP contribution in [0, 0.1) is 12.3 Å². The molecule has 1 aromatic heterocycles. The second kappa shape index (κ2) is 7.33. The number of hydrogen-bond donors (Lipinski definition) is 1. The molecule has 5 nitrogen and oxygen atoms in total. The quantitative estimate of drug-likeness (QED) is 0.863. The first-order valence-electron chi connectivity index (χ1n) is 11.0. The van der Waals surface area contributed by atoms with Crippen molar-refractivity contribution in [2.24, 2.45) is 5.41 Å². The highest BCUT2D eigenvalue weighted by Gasteiger charge is 2.39. The van der Waals surface area contributed by atoms with Crippen molar-refractivity contribution < 1.29 is 14.7 Å². The lowest BCUT2D eigenvalue weighted by Crippen LogP contribution is -2.32. The van der Waals surface area contributed by atoms with Crippen LogP contribution in [0.3, 0.4) is 0 Å². The molecule has 2 aliphatic carbocycles. The summed E-state index contributed by atoms with van der Waals surface area (Å²) in [5.41, 5.74) is 4.07. The van der Waals surface area contributed by atoms with E-state index in [1.54, 1.807) is 4.90 Å². The number of likely N-dealkylation sites (tertiary alicyclic amines) is 1. The Labute approximate surface area is 168 Å². The van der Waals surface area contributed by atoms with E-state index in [4.69, 9.17) is 0 Å². The Morgan fingerprint density at radius 3 is 2.50 bits per heavy atom. The minimum atomic E-state index is -0.409. The number of aliphatic hydroxyl groups is 1. The standard InChI is InChI=1S/C23H34N2O3/c1-15-18(11-21(28)24-10-9-17(26)14-24)22-19(12-23(2,3)13-20(22)27)25(15)16-7-5-4-6-8-16/h16-17,26H,4-14H2,1-3H3/t17-/m1/s1. The van der Waals surface area contributed by atoms with E-state index in [0.717, 1.165) is 23.2 Å². The van der Waals surface area contributed by atoms with Gasteiger partial charge in [0.15, 0.2) is 5.78 Å². The highest BCUT2D eigenvalue weighted by molar-refractivity contribution is 6.01. The minimum absolute atomic E-state index is 0.0262. The molecule has 1 saturated carbocycles. The van der Waals surface area contributed by atoms with Crippen LogP contribution in [0.4, 0.5) is 0 Å². The van der Waals surface area contributed by atoms with Gasteiger partial charge in [0.1, 0.15) is 0 Å². The number of amides is 1. The molecule has 1 saturated heterocycles. The van der Waals surface area contributed by atoms with Crippen molar-refractivity contribution in [1.29, 1.82) is 0 Å². The fourth-order valence-corrected chi connectivity index (χ4v) is 5.65. The normalized spacial score (nSPS) is 25.2. The van der Waals surface area contributed by atoms with Gasteiger partial charge in [-0.2, -0.15) is 0 Å². The van der Waals surface area contributed by atoms with Gasteiger partial charge >= 0.3 is 0 Å². The van der Waals surface area contributed by atoms with Crippen LogP contribution in [0.5, 0.6) is 0 Å². The van der Waals surface area contributed by atoms with Gasteiger partial charge in [-0.1, -0.05) is 33.1 Å². The maximum absolute atomic E-state index is 13.1. The van der Waals surface area contributed by atoms with Crippen LogP contribution in [-0.2, 0) is 17.6 Å². The van der Waals surface area contributed by atoms with Crippen molar-refractivity contribution in [3.8, 4) is 0 Å². The van der Waals surface area contributed by atoms with Crippen LogP contribution < -0.4 is 0 Å². The van der Waals surface area contributed by atoms with Crippen molar-refractivity contribution in [1.82, 2.24) is 9.47 Å². The Bertz CT molecular complexity index is 786. The van der Waals surface area contributed by atoms with Crippen molar-refractivity contribution in [2.75, 3.05) is 13.1 Å². The zero-order valence-electron chi connectivity index (χ0n) is 17.6. The Morgan fingerprint density at radius 2 is 1.86 bits per heavy atom. The van der Waals surface area contributed by atoms with Crippen molar-refractivity contribution >= 4 is 11.7 Å². The molecule has 1 aromatic rings. The Kier molecular flexibility index (Phi) is 5.15. The average molecular weight is 387 g/mol. The molecule has 1 atom stereocenters. The summed E-state index contributed by atoms with van der Waals surface area (Å²) in [6.45, 7) is 7.50. The first kappa shape index (κ1) is 19.7. The number of aliphatic hydroxyl groups excluding tert-OH is 1. The Balaban J connectivity index is 1.73. The highest BCUT2D eigenvalue weighted by Crippen LogP contribution is 2.42. The topological polar surface area (TPSA) is 62.5 Å². The predicted molar refractivity (Wildman–Crippen MR) is 109 cm³/mol. The fraction of sp³-hybridized carbons (Fsp3) is 0.739. The van der Waals surface area contributed by atoms with Crippen LogP contribution in [0.25, 0.3) is 0 Å². The average Bonchev–Trinajstić information content (AvgIpc) is 3.17. The van der Waals surface area contributed by atoms with Gasteiger partial charge < -0.3 is 14.6 Å². The number of rotatable bonds is 3. The van der Waals surface area contributed by atoms with Crippen molar-refractivity contribution in [3.05, 3.63) is 22.5 Å². The summed E-state index contributed by atoms with van der Waals surface area (Å²) < 4.78 is 2.44. The van der Waals surface area contributed by atoms with Crippen LogP contribution in [0.2, 0.25) is 0 Å². The van der Waals surface area contributed by atoms with Gasteiger partial charge in [-0.25, -0.2) is 0 Å². The molecule has 2 fully saturated rings. The van der Waals surface area contributed by atoms with Gasteiger partial charge in [-0.05, 0) is 43.6 Å². The second-order valence-corrected chi connectivity index (χ2v) is 9.95. The first-order chi connectivity index (χ1) is 13.3. The highest BCUT2D eigenvalue weighted by atomic mass is 16.3. The third kappa shape index (κ3) is 3.54. The molecule has 0 aromatic carbocycles. The molecule has 2 heterocycles. The summed E-state index contributed by atoms with van der Waals surface area (Å²) >= 11 is 0. The van der Waals surface area contributed by atoms with Crippen LogP contribution in [0.15, 0.2) is 0 Å². The van der Waals surface area contributed by atoms with E-state index in [1.165, 1.54) is 37.8 Å². The molecule has 0 unspecified atom stereocenters. The van der Waals surface area contributed by atoms with Gasteiger partial charge in [0.25, 0.3) is 0 Å². The predicted octanol–water partition coefficient (Wildman–Crippen LogP) is 3.59. The first-order valence-corrected chi connectivity index (χ1v) is 11.0. The SMILES string of the molecule is Cc1c(CC(=O)N2CC[C@@H](O)C2)c2c(n1C1CCCCC1)CC(C)(C)CC2=O. The number of nitrogens with zero attached hydrogens (tertiary/aromatic N) is 2. The molecule has 0 bridgehead atoms. The smallest absolute Gasteiger partial charge is 0.227 e. The van der Waals surface area contributed by atoms with Gasteiger partial charge in [0.2, 0.25) is 5.91 Å². The van der Waals surface area contributed by atoms with Crippen molar-refractivity contribution in [2.45, 2.75) is 90.7 Å². The number of aromatic nitrogens is 1. The van der Waals surface area contributed by atoms with E-state index in [-0.39, 0.29) is 23.5 Å². The summed E-state index contributed by atoms with van der Waals surface area (Å²) in [6.07, 6.45) is 8.11. The third-order valence-corrected chi connectivity index (χ3v) is 7.03. The number of ketones is 1. The number of Topliss-reactive ketones (excluding diaryl/α,β-unsaturated/α-hetero) is 1. The third-order valence-electron chi connectivity index (χ3n) is 7.03. The maximum atomic E-state index is 13.1. The van der Waals surface area contributed by atoms with Crippen LogP contribution in [0.1, 0.15) is 92.1 Å². The number of carbonyl (C=O) groups excluding carboxylic acids is 2. The van der Waals surface area contributed by atoms with Crippen LogP contribution >= 0.6 is 0 Å². The summed E-state index contributed by atoms with van der Waals surface area (Å²) in [5, 5.41) is 9.78. The monoisotopic (exact) mass is 386 g/mol. The lowest BCUT2D eigenvalue weighted by atomic mass is 9.75. The zero-order valence-corrected chi connectivity index (χ0v) is 17.6. The molecule has 28 heavy (non-hydrogen) atoms.